The lowest BCUT2D eigenvalue weighted by atomic mass is 9.96. The molecule has 2 aromatic rings. The molecule has 0 spiro atoms. The van der Waals surface area contributed by atoms with Crippen LogP contribution < -0.4 is 15.4 Å². The van der Waals surface area contributed by atoms with Gasteiger partial charge in [-0.3, -0.25) is 0 Å². The molecule has 29 heavy (non-hydrogen) atoms. The van der Waals surface area contributed by atoms with Gasteiger partial charge in [-0.2, -0.15) is 0 Å². The summed E-state index contributed by atoms with van der Waals surface area (Å²) < 4.78 is 7.79. The fourth-order valence-corrected chi connectivity index (χ4v) is 3.30. The zero-order chi connectivity index (χ0) is 19.8. The van der Waals surface area contributed by atoms with Gasteiger partial charge in [-0.15, -0.1) is 34.2 Å². The van der Waals surface area contributed by atoms with Gasteiger partial charge in [-0.1, -0.05) is 37.0 Å². The van der Waals surface area contributed by atoms with Crippen LogP contribution in [-0.2, 0) is 13.6 Å². The van der Waals surface area contributed by atoms with Crippen LogP contribution in [-0.4, -0.2) is 39.9 Å². The molecule has 7 nitrogen and oxygen atoms in total. The van der Waals surface area contributed by atoms with E-state index in [0.717, 1.165) is 23.4 Å². The number of ether oxygens (including phenoxy) is 1. The summed E-state index contributed by atoms with van der Waals surface area (Å²) in [5.74, 6) is 3.46. The van der Waals surface area contributed by atoms with Gasteiger partial charge in [0, 0.05) is 13.1 Å². The topological polar surface area (TPSA) is 76.4 Å². The number of benzene rings is 1. The summed E-state index contributed by atoms with van der Waals surface area (Å²) in [6.07, 6.45) is 6.29. The number of halogens is 1. The van der Waals surface area contributed by atoms with E-state index < -0.39 is 0 Å². The van der Waals surface area contributed by atoms with Crippen molar-refractivity contribution in [1.29, 1.82) is 0 Å². The average Bonchev–Trinajstić information content (AvgIpc) is 3.03. The zero-order valence-electron chi connectivity index (χ0n) is 17.6. The SMILES string of the molecule is Cc1ccc(OCCNC(=NCc2nnc(C)n2C)NC2CCCCC2)cc1.I. The molecule has 1 heterocycles. The van der Waals surface area contributed by atoms with E-state index >= 15 is 0 Å². The highest BCUT2D eigenvalue weighted by molar-refractivity contribution is 14.0. The Morgan fingerprint density at radius 3 is 2.52 bits per heavy atom. The third kappa shape index (κ3) is 7.49. The summed E-state index contributed by atoms with van der Waals surface area (Å²) in [6, 6.07) is 8.60. The minimum Gasteiger partial charge on any atom is -0.492 e. The minimum absolute atomic E-state index is 0. The lowest BCUT2D eigenvalue weighted by molar-refractivity contribution is 0.321. The van der Waals surface area contributed by atoms with Crippen molar-refractivity contribution in [3.63, 3.8) is 0 Å². The van der Waals surface area contributed by atoms with Gasteiger partial charge in [0.05, 0.1) is 6.54 Å². The first kappa shape index (κ1) is 23.4. The molecule has 0 amide bonds. The number of nitrogens with one attached hydrogen (secondary N) is 2. The van der Waals surface area contributed by atoms with E-state index in [9.17, 15) is 0 Å². The lowest BCUT2D eigenvalue weighted by Gasteiger charge is -2.25. The summed E-state index contributed by atoms with van der Waals surface area (Å²) in [7, 11) is 1.97. The molecule has 1 aliphatic carbocycles. The van der Waals surface area contributed by atoms with Crippen LogP contribution in [0.1, 0.15) is 49.3 Å². The van der Waals surface area contributed by atoms with Crippen molar-refractivity contribution in [2.24, 2.45) is 12.0 Å². The predicted molar refractivity (Wildman–Crippen MR) is 127 cm³/mol. The van der Waals surface area contributed by atoms with Crippen molar-refractivity contribution >= 4 is 29.9 Å². The van der Waals surface area contributed by atoms with Gasteiger partial charge < -0.3 is 19.9 Å². The van der Waals surface area contributed by atoms with Crippen LogP contribution in [0.4, 0.5) is 0 Å². The second-order valence-electron chi connectivity index (χ2n) is 7.45. The van der Waals surface area contributed by atoms with Crippen molar-refractivity contribution in [2.45, 2.75) is 58.5 Å². The van der Waals surface area contributed by atoms with Crippen LogP contribution in [0.5, 0.6) is 5.75 Å². The molecule has 1 aromatic carbocycles. The van der Waals surface area contributed by atoms with Gasteiger partial charge in [-0.05, 0) is 38.8 Å². The molecule has 8 heteroatoms. The Balaban J connectivity index is 0.00000300. The second kappa shape index (κ2) is 12.0. The van der Waals surface area contributed by atoms with Crippen LogP contribution in [0.15, 0.2) is 29.3 Å². The van der Waals surface area contributed by atoms with Gasteiger partial charge in [-0.25, -0.2) is 4.99 Å². The highest BCUT2D eigenvalue weighted by Crippen LogP contribution is 2.17. The standard InChI is InChI=1S/C21H32N6O.HI/c1-16-9-11-19(12-10-16)28-14-13-22-21(24-18-7-5-4-6-8-18)23-15-20-26-25-17(2)27(20)3;/h9-12,18H,4-8,13-15H2,1-3H3,(H2,22,23,24);1H. The van der Waals surface area contributed by atoms with Crippen LogP contribution in [0.2, 0.25) is 0 Å². The van der Waals surface area contributed by atoms with E-state index in [1.807, 2.05) is 30.7 Å². The number of aryl methyl sites for hydroxylation is 2. The largest absolute Gasteiger partial charge is 0.492 e. The van der Waals surface area contributed by atoms with Crippen molar-refractivity contribution in [1.82, 2.24) is 25.4 Å². The van der Waals surface area contributed by atoms with Crippen molar-refractivity contribution in [3.8, 4) is 5.75 Å². The summed E-state index contributed by atoms with van der Waals surface area (Å²) >= 11 is 0. The molecule has 3 rings (SSSR count). The van der Waals surface area contributed by atoms with Crippen LogP contribution in [0.3, 0.4) is 0 Å². The molecule has 1 saturated carbocycles. The van der Waals surface area contributed by atoms with Crippen LogP contribution in [0.25, 0.3) is 0 Å². The molecule has 1 aromatic heterocycles. The van der Waals surface area contributed by atoms with Crippen LogP contribution >= 0.6 is 24.0 Å². The number of nitrogens with zero attached hydrogens (tertiary/aromatic N) is 4. The molecular formula is C21H33IN6O. The van der Waals surface area contributed by atoms with Crippen molar-refractivity contribution < 1.29 is 4.74 Å². The third-order valence-electron chi connectivity index (χ3n) is 5.19. The van der Waals surface area contributed by atoms with Gasteiger partial charge in [0.15, 0.2) is 11.8 Å². The van der Waals surface area contributed by atoms with Crippen molar-refractivity contribution in [3.05, 3.63) is 41.5 Å². The van der Waals surface area contributed by atoms with Crippen LogP contribution in [0, 0.1) is 13.8 Å². The smallest absolute Gasteiger partial charge is 0.192 e. The van der Waals surface area contributed by atoms with Gasteiger partial charge >= 0.3 is 0 Å². The fraction of sp³-hybridized carbons (Fsp3) is 0.571. The summed E-state index contributed by atoms with van der Waals surface area (Å²) in [6.45, 7) is 5.78. The molecule has 0 atom stereocenters. The monoisotopic (exact) mass is 512 g/mol. The maximum atomic E-state index is 5.81. The second-order valence-corrected chi connectivity index (χ2v) is 7.45. The lowest BCUT2D eigenvalue weighted by Crippen LogP contribution is -2.45. The molecule has 0 saturated heterocycles. The first-order chi connectivity index (χ1) is 13.6. The van der Waals surface area contributed by atoms with E-state index in [2.05, 4.69) is 39.9 Å². The van der Waals surface area contributed by atoms with Gasteiger partial charge in [0.1, 0.15) is 24.7 Å². The van der Waals surface area contributed by atoms with E-state index in [0.29, 0.717) is 25.7 Å². The molecule has 0 aliphatic heterocycles. The zero-order valence-corrected chi connectivity index (χ0v) is 20.0. The number of aliphatic imine (C=N–C) groups is 1. The van der Waals surface area contributed by atoms with Gasteiger partial charge in [0.2, 0.25) is 0 Å². The molecule has 1 aliphatic rings. The molecule has 0 unspecified atom stereocenters. The van der Waals surface area contributed by atoms with E-state index in [1.165, 1.54) is 37.7 Å². The molecule has 160 valence electrons. The molecule has 1 fully saturated rings. The average molecular weight is 512 g/mol. The van der Waals surface area contributed by atoms with E-state index in [4.69, 9.17) is 9.73 Å². The number of rotatable bonds is 7. The normalized spacial score (nSPS) is 14.9. The maximum absolute atomic E-state index is 5.81. The third-order valence-corrected chi connectivity index (χ3v) is 5.19. The molecule has 0 radical (unpaired) electrons. The van der Waals surface area contributed by atoms with Crippen molar-refractivity contribution in [2.75, 3.05) is 13.2 Å². The number of aromatic nitrogens is 3. The molecule has 0 bridgehead atoms. The maximum Gasteiger partial charge on any atom is 0.192 e. The Labute approximate surface area is 190 Å². The summed E-state index contributed by atoms with van der Waals surface area (Å²) in [5.41, 5.74) is 1.23. The Morgan fingerprint density at radius 1 is 1.14 bits per heavy atom. The Hall–Kier alpha value is -1.84. The minimum atomic E-state index is 0. The summed E-state index contributed by atoms with van der Waals surface area (Å²) in [5, 5.41) is 15.3. The number of hydrogen-bond acceptors (Lipinski definition) is 4. The summed E-state index contributed by atoms with van der Waals surface area (Å²) in [4.78, 5) is 4.73. The first-order valence-electron chi connectivity index (χ1n) is 10.2. The van der Waals surface area contributed by atoms with E-state index in [-0.39, 0.29) is 24.0 Å². The number of guanidine groups is 1. The Kier molecular flexibility index (Phi) is 9.69. The molecule has 2 N–H and O–H groups in total. The van der Waals surface area contributed by atoms with Gasteiger partial charge in [0.25, 0.3) is 0 Å². The quantitative estimate of drug-likeness (QED) is 0.257. The fourth-order valence-electron chi connectivity index (χ4n) is 3.30. The van der Waals surface area contributed by atoms with E-state index in [1.54, 1.807) is 0 Å². The number of hydrogen-bond donors (Lipinski definition) is 2. The predicted octanol–water partition coefficient (Wildman–Crippen LogP) is 3.50. The highest BCUT2D eigenvalue weighted by atomic mass is 127. The highest BCUT2D eigenvalue weighted by Gasteiger charge is 2.15. The molecular weight excluding hydrogens is 479 g/mol. The Morgan fingerprint density at radius 2 is 1.86 bits per heavy atom. The Bertz CT molecular complexity index is 768. The first-order valence-corrected chi connectivity index (χ1v) is 10.2.